The second-order valence-corrected chi connectivity index (χ2v) is 3.64. The van der Waals surface area contributed by atoms with Crippen LogP contribution in [-0.4, -0.2) is 22.5 Å². The normalized spacial score (nSPS) is 11.4. The van der Waals surface area contributed by atoms with Crippen molar-refractivity contribution < 1.29 is 18.0 Å². The number of rotatable bonds is 3. The topological polar surface area (TPSA) is 85.0 Å². The van der Waals surface area contributed by atoms with E-state index in [2.05, 4.69) is 15.7 Å². The van der Waals surface area contributed by atoms with E-state index < -0.39 is 22.9 Å². The number of carbonyl (C=O) groups is 1. The second kappa shape index (κ2) is 5.34. The van der Waals surface area contributed by atoms with Crippen molar-refractivity contribution in [3.63, 3.8) is 0 Å². The lowest BCUT2D eigenvalue weighted by Gasteiger charge is -2.06. The first-order chi connectivity index (χ1) is 8.27. The van der Waals surface area contributed by atoms with Crippen molar-refractivity contribution in [3.8, 4) is 0 Å². The van der Waals surface area contributed by atoms with Crippen molar-refractivity contribution in [2.45, 2.75) is 19.6 Å². The zero-order chi connectivity index (χ0) is 13.9. The number of halogens is 4. The van der Waals surface area contributed by atoms with Gasteiger partial charge in [0.25, 0.3) is 0 Å². The Balaban J connectivity index is 2.84. The third kappa shape index (κ3) is 3.19. The summed E-state index contributed by atoms with van der Waals surface area (Å²) in [5.41, 5.74) is -1.41. The summed E-state index contributed by atoms with van der Waals surface area (Å²) in [6.07, 6.45) is -4.69. The predicted molar refractivity (Wildman–Crippen MR) is 58.3 cm³/mol. The van der Waals surface area contributed by atoms with Gasteiger partial charge in [-0.05, 0) is 6.92 Å². The molecule has 0 radical (unpaired) electrons. The van der Waals surface area contributed by atoms with Gasteiger partial charge in [0.1, 0.15) is 5.69 Å². The molecule has 4 N–H and O–H groups in total. The average molecular weight is 286 g/mol. The van der Waals surface area contributed by atoms with Crippen LogP contribution < -0.4 is 16.5 Å². The first-order valence-corrected chi connectivity index (χ1v) is 5.26. The van der Waals surface area contributed by atoms with E-state index >= 15 is 0 Å². The van der Waals surface area contributed by atoms with E-state index in [-0.39, 0.29) is 12.2 Å². The zero-order valence-corrected chi connectivity index (χ0v) is 10.1. The van der Waals surface area contributed by atoms with Gasteiger partial charge in [-0.1, -0.05) is 11.6 Å². The zero-order valence-electron chi connectivity index (χ0n) is 9.31. The molecule has 102 valence electrons. The highest BCUT2D eigenvalue weighted by atomic mass is 35.5. The molecular weight excluding hydrogens is 275 g/mol. The van der Waals surface area contributed by atoms with E-state index in [0.29, 0.717) is 11.3 Å². The number of aromatic nitrogens is 2. The third-order valence-electron chi connectivity index (χ3n) is 1.97. The van der Waals surface area contributed by atoms with Gasteiger partial charge in [-0.2, -0.15) is 18.0 Å². The van der Waals surface area contributed by atoms with Crippen molar-refractivity contribution in [2.75, 3.05) is 12.4 Å². The van der Waals surface area contributed by atoms with Gasteiger partial charge in [0.15, 0.2) is 5.69 Å². The van der Waals surface area contributed by atoms with Crippen molar-refractivity contribution in [2.24, 2.45) is 0 Å². The van der Waals surface area contributed by atoms with Crippen LogP contribution in [-0.2, 0) is 12.7 Å². The summed E-state index contributed by atoms with van der Waals surface area (Å²) < 4.78 is 37.3. The number of nitrogens with zero attached hydrogens (tertiary/aromatic N) is 2. The maximum atomic E-state index is 12.4. The second-order valence-electron chi connectivity index (χ2n) is 3.26. The van der Waals surface area contributed by atoms with Crippen LogP contribution >= 0.6 is 11.6 Å². The monoisotopic (exact) mass is 285 g/mol. The van der Waals surface area contributed by atoms with E-state index in [1.165, 1.54) is 0 Å². The summed E-state index contributed by atoms with van der Waals surface area (Å²) in [5, 5.41) is 7.16. The molecule has 1 aromatic heterocycles. The standard InChI is InChI=1S/C8H11ClF3N5O/c1-2-14-7(18)15-3-4-5(9)6(8(10,11)12)16-17(4)13/h2-3,13H2,1H3,(H2,14,15,18). The molecule has 0 fully saturated rings. The number of carbonyl (C=O) groups excluding carboxylic acids is 1. The largest absolute Gasteiger partial charge is 0.436 e. The number of nitrogen functional groups attached to an aromatic ring is 1. The van der Waals surface area contributed by atoms with Crippen molar-refractivity contribution in [3.05, 3.63) is 16.4 Å². The molecule has 2 amide bonds. The van der Waals surface area contributed by atoms with Crippen LogP contribution in [0.5, 0.6) is 0 Å². The molecule has 0 spiro atoms. The molecule has 0 aromatic carbocycles. The molecule has 1 aromatic rings. The number of urea groups is 1. The fraction of sp³-hybridized carbons (Fsp3) is 0.500. The Morgan fingerprint density at radius 2 is 2.11 bits per heavy atom. The lowest BCUT2D eigenvalue weighted by molar-refractivity contribution is -0.141. The first-order valence-electron chi connectivity index (χ1n) is 4.88. The molecule has 0 aliphatic rings. The third-order valence-corrected chi connectivity index (χ3v) is 2.36. The summed E-state index contributed by atoms with van der Waals surface area (Å²) >= 11 is 5.52. The van der Waals surface area contributed by atoms with Gasteiger partial charge < -0.3 is 16.5 Å². The first kappa shape index (κ1) is 14.4. The Kier molecular flexibility index (Phi) is 4.28. The molecule has 0 saturated carbocycles. The number of nitrogens with two attached hydrogens (primary N) is 1. The van der Waals surface area contributed by atoms with E-state index in [9.17, 15) is 18.0 Å². The molecule has 18 heavy (non-hydrogen) atoms. The molecule has 6 nitrogen and oxygen atoms in total. The minimum atomic E-state index is -4.69. The minimum Gasteiger partial charge on any atom is -0.338 e. The maximum absolute atomic E-state index is 12.4. The van der Waals surface area contributed by atoms with E-state index in [0.717, 1.165) is 0 Å². The van der Waals surface area contributed by atoms with E-state index in [4.69, 9.17) is 17.4 Å². The fourth-order valence-corrected chi connectivity index (χ4v) is 1.47. The average Bonchev–Trinajstić information content (AvgIpc) is 2.52. The summed E-state index contributed by atoms with van der Waals surface area (Å²) in [6, 6.07) is -0.539. The number of hydrogen-bond donors (Lipinski definition) is 3. The smallest absolute Gasteiger partial charge is 0.338 e. The van der Waals surface area contributed by atoms with Crippen LogP contribution in [0.25, 0.3) is 0 Å². The van der Waals surface area contributed by atoms with Gasteiger partial charge in [0.2, 0.25) is 0 Å². The van der Waals surface area contributed by atoms with Crippen LogP contribution in [0.4, 0.5) is 18.0 Å². The molecule has 0 unspecified atom stereocenters. The van der Waals surface area contributed by atoms with Crippen molar-refractivity contribution >= 4 is 17.6 Å². The number of nitrogens with one attached hydrogen (secondary N) is 2. The maximum Gasteiger partial charge on any atom is 0.436 e. The summed E-state index contributed by atoms with van der Waals surface area (Å²) in [5.74, 6) is 5.25. The Hall–Kier alpha value is -1.64. The van der Waals surface area contributed by atoms with Crippen LogP contribution in [0, 0.1) is 0 Å². The summed E-state index contributed by atoms with van der Waals surface area (Å²) in [6.45, 7) is 1.82. The highest BCUT2D eigenvalue weighted by Gasteiger charge is 2.38. The van der Waals surface area contributed by atoms with Crippen molar-refractivity contribution in [1.29, 1.82) is 0 Å². The van der Waals surface area contributed by atoms with Crippen molar-refractivity contribution in [1.82, 2.24) is 20.5 Å². The number of alkyl halides is 3. The highest BCUT2D eigenvalue weighted by molar-refractivity contribution is 6.32. The number of amides is 2. The molecule has 0 aliphatic heterocycles. The van der Waals surface area contributed by atoms with Gasteiger partial charge in [0.05, 0.1) is 11.6 Å². The molecule has 0 saturated heterocycles. The Bertz CT molecular complexity index is 445. The van der Waals surface area contributed by atoms with E-state index in [1.807, 2.05) is 0 Å². The molecule has 10 heteroatoms. The lowest BCUT2D eigenvalue weighted by Crippen LogP contribution is -2.35. The quantitative estimate of drug-likeness (QED) is 0.727. The van der Waals surface area contributed by atoms with Gasteiger partial charge >= 0.3 is 12.2 Å². The van der Waals surface area contributed by atoms with Crippen LogP contribution in [0.2, 0.25) is 5.02 Å². The fourth-order valence-electron chi connectivity index (χ4n) is 1.18. The molecule has 1 rings (SSSR count). The Morgan fingerprint density at radius 1 is 1.50 bits per heavy atom. The molecule has 1 heterocycles. The van der Waals surface area contributed by atoms with Crippen LogP contribution in [0.3, 0.4) is 0 Å². The minimum absolute atomic E-state index is 0.129. The summed E-state index contributed by atoms with van der Waals surface area (Å²) in [4.78, 5) is 11.6. The number of hydrogen-bond acceptors (Lipinski definition) is 3. The van der Waals surface area contributed by atoms with Crippen LogP contribution in [0.15, 0.2) is 0 Å². The molecule has 0 bridgehead atoms. The summed E-state index contributed by atoms with van der Waals surface area (Å²) in [7, 11) is 0. The van der Waals surface area contributed by atoms with E-state index in [1.54, 1.807) is 6.92 Å². The van der Waals surface area contributed by atoms with Gasteiger partial charge in [-0.15, -0.1) is 5.10 Å². The van der Waals surface area contributed by atoms with Crippen LogP contribution in [0.1, 0.15) is 18.3 Å². The Morgan fingerprint density at radius 3 is 2.56 bits per heavy atom. The molecular formula is C8H11ClF3N5O. The molecule has 0 atom stereocenters. The highest BCUT2D eigenvalue weighted by Crippen LogP contribution is 2.34. The van der Waals surface area contributed by atoms with Gasteiger partial charge in [-0.3, -0.25) is 0 Å². The predicted octanol–water partition coefficient (Wildman–Crippen LogP) is 1.09. The SMILES string of the molecule is CCNC(=O)NCc1c(Cl)c(C(F)(F)F)nn1N. The van der Waals surface area contributed by atoms with Gasteiger partial charge in [-0.25, -0.2) is 4.79 Å². The molecule has 0 aliphatic carbocycles. The Labute approximate surface area is 105 Å². The van der Waals surface area contributed by atoms with Gasteiger partial charge in [0, 0.05) is 6.54 Å². The lowest BCUT2D eigenvalue weighted by atomic mass is 10.3.